The first-order valence-corrected chi connectivity index (χ1v) is 12.6. The van der Waals surface area contributed by atoms with E-state index in [1.807, 2.05) is 49.4 Å². The lowest BCUT2D eigenvalue weighted by atomic mass is 10.1. The van der Waals surface area contributed by atoms with Gasteiger partial charge in [0, 0.05) is 15.6 Å². The zero-order valence-corrected chi connectivity index (χ0v) is 21.8. The monoisotopic (exact) mass is 549 g/mol. The van der Waals surface area contributed by atoms with Crippen LogP contribution in [-0.2, 0) is 11.4 Å². The number of anilines is 1. The summed E-state index contributed by atoms with van der Waals surface area (Å²) in [6, 6.07) is 17.9. The van der Waals surface area contributed by atoms with E-state index in [9.17, 15) is 4.79 Å². The first kappa shape index (κ1) is 24.9. The summed E-state index contributed by atoms with van der Waals surface area (Å²) in [5.74, 6) is 0.898. The van der Waals surface area contributed by atoms with E-state index in [1.54, 1.807) is 24.3 Å². The number of hydrogen-bond acceptors (Lipinski definition) is 5. The number of thiocarbonyl (C=S) groups is 1. The van der Waals surface area contributed by atoms with E-state index in [1.165, 1.54) is 16.7 Å². The van der Waals surface area contributed by atoms with Crippen molar-refractivity contribution in [3.8, 4) is 11.5 Å². The molecule has 0 unspecified atom stereocenters. The van der Waals surface area contributed by atoms with Crippen LogP contribution in [0.25, 0.3) is 6.08 Å². The van der Waals surface area contributed by atoms with Crippen LogP contribution in [0.1, 0.15) is 18.1 Å². The average Bonchev–Trinajstić information content (AvgIpc) is 3.07. The van der Waals surface area contributed by atoms with Crippen molar-refractivity contribution in [1.29, 1.82) is 0 Å². The largest absolute Gasteiger partial charge is 0.490 e. The van der Waals surface area contributed by atoms with Gasteiger partial charge in [-0.1, -0.05) is 83.0 Å². The predicted molar refractivity (Wildman–Crippen MR) is 146 cm³/mol. The van der Waals surface area contributed by atoms with Crippen LogP contribution in [0.5, 0.6) is 11.5 Å². The Balaban J connectivity index is 1.57. The van der Waals surface area contributed by atoms with Gasteiger partial charge < -0.3 is 9.47 Å². The van der Waals surface area contributed by atoms with Crippen molar-refractivity contribution in [2.24, 2.45) is 0 Å². The van der Waals surface area contributed by atoms with Crippen molar-refractivity contribution < 1.29 is 14.3 Å². The van der Waals surface area contributed by atoms with Crippen LogP contribution in [0.4, 0.5) is 5.69 Å². The second-order valence-corrected chi connectivity index (χ2v) is 10.1. The lowest BCUT2D eigenvalue weighted by Gasteiger charge is -2.16. The van der Waals surface area contributed by atoms with Gasteiger partial charge in [0.2, 0.25) is 0 Å². The van der Waals surface area contributed by atoms with Gasteiger partial charge in [-0.2, -0.15) is 0 Å². The van der Waals surface area contributed by atoms with E-state index in [4.69, 9.17) is 56.5 Å². The van der Waals surface area contributed by atoms with Crippen LogP contribution < -0.4 is 14.4 Å². The molecule has 4 rings (SSSR count). The maximum absolute atomic E-state index is 13.1. The molecule has 0 atom stereocenters. The summed E-state index contributed by atoms with van der Waals surface area (Å²) in [5.41, 5.74) is 2.15. The lowest BCUT2D eigenvalue weighted by Crippen LogP contribution is -2.27. The van der Waals surface area contributed by atoms with E-state index in [0.29, 0.717) is 54.7 Å². The number of carbonyl (C=O) groups excluding carboxylic acids is 1. The Morgan fingerprint density at radius 3 is 2.50 bits per heavy atom. The van der Waals surface area contributed by atoms with Crippen LogP contribution in [0.3, 0.4) is 0 Å². The molecule has 4 nitrogen and oxygen atoms in total. The molecular weight excluding hydrogens is 533 g/mol. The van der Waals surface area contributed by atoms with Gasteiger partial charge in [0.05, 0.1) is 22.2 Å². The third-order valence-electron chi connectivity index (χ3n) is 4.85. The number of nitrogens with zero attached hydrogens (tertiary/aromatic N) is 1. The molecule has 0 N–H and O–H groups in total. The summed E-state index contributed by atoms with van der Waals surface area (Å²) >= 11 is 25.2. The van der Waals surface area contributed by atoms with Crippen molar-refractivity contribution in [3.05, 3.63) is 91.8 Å². The molecule has 34 heavy (non-hydrogen) atoms. The maximum atomic E-state index is 13.1. The van der Waals surface area contributed by atoms with Gasteiger partial charge in [0.15, 0.2) is 15.8 Å². The normalized spacial score (nSPS) is 14.7. The van der Waals surface area contributed by atoms with Crippen LogP contribution in [0.15, 0.2) is 65.6 Å². The smallest absolute Gasteiger partial charge is 0.270 e. The Kier molecular flexibility index (Phi) is 8.06. The van der Waals surface area contributed by atoms with E-state index in [0.717, 1.165) is 11.1 Å². The van der Waals surface area contributed by atoms with Crippen molar-refractivity contribution in [2.45, 2.75) is 13.5 Å². The number of benzene rings is 3. The highest BCUT2D eigenvalue weighted by molar-refractivity contribution is 8.27. The fourth-order valence-corrected chi connectivity index (χ4v) is 5.23. The van der Waals surface area contributed by atoms with E-state index >= 15 is 0 Å². The minimum Gasteiger partial charge on any atom is -0.490 e. The number of carbonyl (C=O) groups is 1. The fraction of sp³-hybridized carbons (Fsp3) is 0.120. The Morgan fingerprint density at radius 1 is 0.971 bits per heavy atom. The van der Waals surface area contributed by atoms with Gasteiger partial charge in [-0.3, -0.25) is 9.69 Å². The molecule has 9 heteroatoms. The number of rotatable bonds is 7. The van der Waals surface area contributed by atoms with E-state index in [2.05, 4.69) is 0 Å². The zero-order valence-electron chi connectivity index (χ0n) is 17.9. The molecule has 1 aliphatic rings. The average molecular weight is 551 g/mol. The van der Waals surface area contributed by atoms with Gasteiger partial charge >= 0.3 is 0 Å². The Labute approximate surface area is 222 Å². The van der Waals surface area contributed by atoms with E-state index < -0.39 is 0 Å². The molecule has 1 heterocycles. The minimum atomic E-state index is -0.253. The highest BCUT2D eigenvalue weighted by Crippen LogP contribution is 2.40. The summed E-state index contributed by atoms with van der Waals surface area (Å²) < 4.78 is 12.1. The Morgan fingerprint density at radius 2 is 1.76 bits per heavy atom. The summed E-state index contributed by atoms with van der Waals surface area (Å²) in [7, 11) is 0. The standard InChI is InChI=1S/C25H18Cl3NO3S2/c1-2-31-22-11-15(7-10-21(22)32-14-16-5-3-4-6-18(16)27)12-23-24(30)29(25(33)34-23)20-9-8-17(26)13-19(20)28/h3-13H,2,14H2,1H3/b23-12-. The second-order valence-electron chi connectivity index (χ2n) is 7.13. The molecule has 0 aliphatic carbocycles. The molecule has 0 aromatic heterocycles. The molecule has 1 amide bonds. The number of ether oxygens (including phenoxy) is 2. The number of hydrogen-bond donors (Lipinski definition) is 0. The molecule has 1 saturated heterocycles. The summed E-state index contributed by atoms with van der Waals surface area (Å²) in [5, 5.41) is 1.47. The molecule has 174 valence electrons. The highest BCUT2D eigenvalue weighted by atomic mass is 35.5. The highest BCUT2D eigenvalue weighted by Gasteiger charge is 2.34. The van der Waals surface area contributed by atoms with Gasteiger partial charge in [0.25, 0.3) is 5.91 Å². The SMILES string of the molecule is CCOc1cc(/C=C2\SC(=S)N(c3ccc(Cl)cc3Cl)C2=O)ccc1OCc1ccccc1Cl. The predicted octanol–water partition coefficient (Wildman–Crippen LogP) is 8.03. The zero-order chi connectivity index (χ0) is 24.2. The summed E-state index contributed by atoms with van der Waals surface area (Å²) in [6.07, 6.45) is 1.77. The minimum absolute atomic E-state index is 0.253. The van der Waals surface area contributed by atoms with Crippen molar-refractivity contribution in [2.75, 3.05) is 11.5 Å². The second kappa shape index (κ2) is 11.0. The molecule has 0 radical (unpaired) electrons. The van der Waals surface area contributed by atoms with Gasteiger partial charge in [-0.05, 0) is 55.0 Å². The van der Waals surface area contributed by atoms with Gasteiger partial charge in [0.1, 0.15) is 6.61 Å². The van der Waals surface area contributed by atoms with Crippen LogP contribution in [0, 0.1) is 0 Å². The number of thioether (sulfide) groups is 1. The molecule has 3 aromatic rings. The molecule has 0 saturated carbocycles. The lowest BCUT2D eigenvalue weighted by molar-refractivity contribution is -0.113. The van der Waals surface area contributed by atoms with Gasteiger partial charge in [-0.15, -0.1) is 0 Å². The van der Waals surface area contributed by atoms with Crippen LogP contribution >= 0.6 is 58.8 Å². The first-order valence-electron chi connectivity index (χ1n) is 10.2. The summed E-state index contributed by atoms with van der Waals surface area (Å²) in [6.45, 7) is 2.66. The van der Waals surface area contributed by atoms with Crippen LogP contribution in [0.2, 0.25) is 15.1 Å². The number of amides is 1. The van der Waals surface area contributed by atoms with Crippen molar-refractivity contribution in [1.82, 2.24) is 0 Å². The quantitative estimate of drug-likeness (QED) is 0.220. The first-order chi connectivity index (χ1) is 16.4. The van der Waals surface area contributed by atoms with E-state index in [-0.39, 0.29) is 5.91 Å². The number of halogens is 3. The van der Waals surface area contributed by atoms with Crippen molar-refractivity contribution >= 4 is 80.8 Å². The van der Waals surface area contributed by atoms with Gasteiger partial charge in [-0.25, -0.2) is 0 Å². The fourth-order valence-electron chi connectivity index (χ4n) is 3.26. The Bertz CT molecular complexity index is 1300. The molecule has 0 spiro atoms. The Hall–Kier alpha value is -2.22. The topological polar surface area (TPSA) is 38.8 Å². The molecule has 0 bridgehead atoms. The molecular formula is C25H18Cl3NO3S2. The van der Waals surface area contributed by atoms with Crippen molar-refractivity contribution in [3.63, 3.8) is 0 Å². The van der Waals surface area contributed by atoms with Crippen LogP contribution in [-0.4, -0.2) is 16.8 Å². The third-order valence-corrected chi connectivity index (χ3v) is 7.06. The molecule has 1 aliphatic heterocycles. The molecule has 3 aromatic carbocycles. The summed E-state index contributed by atoms with van der Waals surface area (Å²) in [4.78, 5) is 15.0. The maximum Gasteiger partial charge on any atom is 0.270 e. The third kappa shape index (κ3) is 5.53. The molecule has 1 fully saturated rings.